The highest BCUT2D eigenvalue weighted by atomic mass is 32.2. The Morgan fingerprint density at radius 1 is 1.22 bits per heavy atom. The van der Waals surface area contributed by atoms with E-state index in [1.807, 2.05) is 30.3 Å². The van der Waals surface area contributed by atoms with E-state index in [-0.39, 0.29) is 32.0 Å². The van der Waals surface area contributed by atoms with Gasteiger partial charge in [0.05, 0.1) is 12.6 Å². The smallest absolute Gasteiger partial charge is 0.326 e. The number of carboxylic acid groups (broad SMARTS) is 1. The average Bonchev–Trinajstić information content (AvgIpc) is 3.25. The minimum Gasteiger partial charge on any atom is -0.480 e. The van der Waals surface area contributed by atoms with Crippen LogP contribution in [0.5, 0.6) is 0 Å². The predicted octanol–water partition coefficient (Wildman–Crippen LogP) is 0.369. The number of carboxylic acids is 1. The van der Waals surface area contributed by atoms with E-state index in [2.05, 4.69) is 10.0 Å². The van der Waals surface area contributed by atoms with Crippen molar-refractivity contribution < 1.29 is 32.6 Å². The molecule has 2 saturated heterocycles. The fraction of sp³-hybridized carbons (Fsp3) is 0.625. The van der Waals surface area contributed by atoms with E-state index in [4.69, 9.17) is 4.74 Å². The Bertz CT molecular complexity index is 1040. The Labute approximate surface area is 212 Å². The van der Waals surface area contributed by atoms with Crippen molar-refractivity contribution in [1.29, 1.82) is 0 Å². The molecular formula is C24H36N4O7S. The number of likely N-dealkylation sites (tertiary alicyclic amines) is 1. The molecule has 0 radical (unpaired) electrons. The van der Waals surface area contributed by atoms with Crippen LogP contribution in [0.15, 0.2) is 30.3 Å². The van der Waals surface area contributed by atoms with Crippen LogP contribution in [-0.4, -0.2) is 91.5 Å². The van der Waals surface area contributed by atoms with Crippen molar-refractivity contribution in [2.45, 2.75) is 63.7 Å². The Morgan fingerprint density at radius 3 is 2.53 bits per heavy atom. The van der Waals surface area contributed by atoms with Gasteiger partial charge in [0.25, 0.3) is 10.2 Å². The van der Waals surface area contributed by atoms with E-state index < -0.39 is 52.2 Å². The molecule has 0 bridgehead atoms. The first-order valence-electron chi connectivity index (χ1n) is 12.3. The number of rotatable bonds is 11. The molecule has 1 amide bonds. The van der Waals surface area contributed by atoms with Gasteiger partial charge in [-0.25, -0.2) is 9.52 Å². The Balaban J connectivity index is 1.77. The van der Waals surface area contributed by atoms with Crippen LogP contribution in [0.2, 0.25) is 0 Å². The lowest BCUT2D eigenvalue weighted by atomic mass is 9.92. The number of benzene rings is 1. The molecule has 2 fully saturated rings. The number of piperidine rings is 1. The maximum absolute atomic E-state index is 13.6. The first kappa shape index (κ1) is 28.0. The van der Waals surface area contributed by atoms with Gasteiger partial charge in [0.1, 0.15) is 12.1 Å². The van der Waals surface area contributed by atoms with Crippen LogP contribution in [0.25, 0.3) is 0 Å². The number of fused-ring (bicyclic) bond motifs is 1. The van der Waals surface area contributed by atoms with Crippen LogP contribution in [0.1, 0.15) is 38.7 Å². The van der Waals surface area contributed by atoms with Crippen molar-refractivity contribution in [3.8, 4) is 0 Å². The number of aliphatic carboxylic acids is 1. The summed E-state index contributed by atoms with van der Waals surface area (Å²) in [4.78, 5) is 39.6. The molecule has 12 heteroatoms. The largest absolute Gasteiger partial charge is 0.480 e. The molecule has 0 saturated carbocycles. The number of ether oxygens (including phenoxy) is 1. The van der Waals surface area contributed by atoms with Gasteiger partial charge in [-0.15, -0.1) is 0 Å². The molecule has 0 unspecified atom stereocenters. The second-order valence-corrected chi connectivity index (χ2v) is 11.1. The molecule has 0 aliphatic carbocycles. The van der Waals surface area contributed by atoms with Crippen LogP contribution >= 0.6 is 0 Å². The number of nitrogens with zero attached hydrogens (tertiary/aromatic N) is 2. The average molecular weight is 525 g/mol. The van der Waals surface area contributed by atoms with Gasteiger partial charge < -0.3 is 14.7 Å². The van der Waals surface area contributed by atoms with Crippen LogP contribution in [0.3, 0.4) is 0 Å². The molecule has 11 nitrogen and oxygen atoms in total. The zero-order chi connectivity index (χ0) is 26.5. The maximum atomic E-state index is 13.6. The second kappa shape index (κ2) is 12.1. The molecule has 1 aromatic rings. The molecule has 0 spiro atoms. The summed E-state index contributed by atoms with van der Waals surface area (Å²) < 4.78 is 33.5. The predicted molar refractivity (Wildman–Crippen MR) is 132 cm³/mol. The molecule has 3 N–H and O–H groups in total. The second-order valence-electron chi connectivity index (χ2n) is 9.24. The van der Waals surface area contributed by atoms with Gasteiger partial charge in [-0.3, -0.25) is 14.9 Å². The highest BCUT2D eigenvalue weighted by Gasteiger charge is 2.51. The Morgan fingerprint density at radius 2 is 1.92 bits per heavy atom. The number of aryl methyl sites for hydroxylation is 1. The molecule has 2 heterocycles. The fourth-order valence-electron chi connectivity index (χ4n) is 5.12. The third-order valence-electron chi connectivity index (χ3n) is 7.00. The van der Waals surface area contributed by atoms with Crippen LogP contribution < -0.4 is 10.0 Å². The van der Waals surface area contributed by atoms with Gasteiger partial charge in [-0.05, 0) is 51.0 Å². The number of hydrogen-bond acceptors (Lipinski definition) is 7. The molecular weight excluding hydrogens is 488 g/mol. The summed E-state index contributed by atoms with van der Waals surface area (Å²) in [5, 5.41) is 12.9. The number of esters is 1. The van der Waals surface area contributed by atoms with Gasteiger partial charge in [0.15, 0.2) is 0 Å². The summed E-state index contributed by atoms with van der Waals surface area (Å²) in [6, 6.07) is 6.36. The van der Waals surface area contributed by atoms with Gasteiger partial charge in [-0.1, -0.05) is 30.3 Å². The Kier molecular flexibility index (Phi) is 9.45. The van der Waals surface area contributed by atoms with E-state index in [0.29, 0.717) is 19.3 Å². The summed E-state index contributed by atoms with van der Waals surface area (Å²) in [7, 11) is -2.40. The molecule has 3 rings (SSSR count). The standard InChI is InChI=1S/C24H36N4O7S/c1-4-35-24(32)19(11-10-17-8-6-5-7-9-17)26-16(2)22(29)28-20(23(30)31)14-18-12-13-27(15-21(18)28)36(33,34)25-3/h5-9,16,18-21,25-26H,4,10-15H2,1-3H3,(H,30,31)/t16-,18+,19+,20-,21-/m0/s1. The summed E-state index contributed by atoms with van der Waals surface area (Å²) in [6.45, 7) is 3.77. The monoisotopic (exact) mass is 524 g/mol. The summed E-state index contributed by atoms with van der Waals surface area (Å²) >= 11 is 0. The topological polar surface area (TPSA) is 145 Å². The summed E-state index contributed by atoms with van der Waals surface area (Å²) in [5.74, 6) is -2.21. The van der Waals surface area contributed by atoms with E-state index in [1.54, 1.807) is 13.8 Å². The van der Waals surface area contributed by atoms with Crippen LogP contribution in [-0.2, 0) is 35.8 Å². The number of nitrogens with one attached hydrogen (secondary N) is 2. The minimum absolute atomic E-state index is 0.0192. The van der Waals surface area contributed by atoms with E-state index in [0.717, 1.165) is 5.56 Å². The van der Waals surface area contributed by atoms with Gasteiger partial charge >= 0.3 is 11.9 Å². The minimum atomic E-state index is -3.72. The number of carbonyl (C=O) groups is 3. The van der Waals surface area contributed by atoms with Crippen molar-refractivity contribution in [2.75, 3.05) is 26.7 Å². The van der Waals surface area contributed by atoms with Gasteiger partial charge in [0.2, 0.25) is 5.91 Å². The molecule has 36 heavy (non-hydrogen) atoms. The van der Waals surface area contributed by atoms with Crippen LogP contribution in [0.4, 0.5) is 0 Å². The molecule has 5 atom stereocenters. The molecule has 2 aliphatic rings. The Hall–Kier alpha value is -2.54. The molecule has 1 aromatic carbocycles. The highest BCUT2D eigenvalue weighted by molar-refractivity contribution is 7.87. The van der Waals surface area contributed by atoms with Crippen molar-refractivity contribution in [3.05, 3.63) is 35.9 Å². The number of carbonyl (C=O) groups excluding carboxylic acids is 2. The van der Waals surface area contributed by atoms with Gasteiger partial charge in [-0.2, -0.15) is 12.7 Å². The molecule has 0 aromatic heterocycles. The third-order valence-corrected chi connectivity index (χ3v) is 8.53. The molecule has 2 aliphatic heterocycles. The summed E-state index contributed by atoms with van der Waals surface area (Å²) in [6.07, 6.45) is 1.70. The fourth-order valence-corrected chi connectivity index (χ4v) is 6.07. The van der Waals surface area contributed by atoms with Crippen molar-refractivity contribution in [2.24, 2.45) is 5.92 Å². The third kappa shape index (κ3) is 6.41. The van der Waals surface area contributed by atoms with E-state index >= 15 is 0 Å². The van der Waals surface area contributed by atoms with Crippen molar-refractivity contribution in [1.82, 2.24) is 19.2 Å². The zero-order valence-corrected chi connectivity index (χ0v) is 21.7. The lowest BCUT2D eigenvalue weighted by Gasteiger charge is -2.39. The summed E-state index contributed by atoms with van der Waals surface area (Å²) in [5.41, 5.74) is 1.04. The van der Waals surface area contributed by atoms with Crippen molar-refractivity contribution in [3.63, 3.8) is 0 Å². The first-order chi connectivity index (χ1) is 17.1. The first-order valence-corrected chi connectivity index (χ1v) is 13.7. The molecule has 200 valence electrons. The van der Waals surface area contributed by atoms with Crippen LogP contribution in [0, 0.1) is 5.92 Å². The zero-order valence-electron chi connectivity index (χ0n) is 20.9. The lowest BCUT2D eigenvalue weighted by Crippen LogP contribution is -2.59. The maximum Gasteiger partial charge on any atom is 0.326 e. The SMILES string of the molecule is CCOC(=O)[C@@H](CCc1ccccc1)N[C@@H](C)C(=O)N1[C@H](C(=O)O)C[C@H]2CCN(S(=O)(=O)NC)C[C@@H]21. The number of hydrogen-bond donors (Lipinski definition) is 3. The van der Waals surface area contributed by atoms with Crippen molar-refractivity contribution >= 4 is 28.1 Å². The normalized spacial score (nSPS) is 24.1. The van der Waals surface area contributed by atoms with E-state index in [1.165, 1.54) is 16.3 Å². The van der Waals surface area contributed by atoms with E-state index in [9.17, 15) is 27.9 Å². The highest BCUT2D eigenvalue weighted by Crippen LogP contribution is 2.37. The van der Waals surface area contributed by atoms with Gasteiger partial charge in [0, 0.05) is 26.2 Å². The quantitative estimate of drug-likeness (QED) is 0.352. The lowest BCUT2D eigenvalue weighted by molar-refractivity contribution is -0.152. The number of amides is 1.